The van der Waals surface area contributed by atoms with Gasteiger partial charge in [0.15, 0.2) is 5.82 Å². The topological polar surface area (TPSA) is 89.8 Å². The summed E-state index contributed by atoms with van der Waals surface area (Å²) < 4.78 is 54.9. The molecule has 34 heavy (non-hydrogen) atoms. The zero-order chi connectivity index (χ0) is 24.6. The lowest BCUT2D eigenvalue weighted by Gasteiger charge is -2.18. The Balaban J connectivity index is 1.57. The average molecular weight is 475 g/mol. The number of ketones is 1. The van der Waals surface area contributed by atoms with Crippen LogP contribution in [0, 0.1) is 18.7 Å². The van der Waals surface area contributed by atoms with Crippen LogP contribution in [0.25, 0.3) is 11.5 Å². The number of aryl methyl sites for hydroxylation is 1. The van der Waals surface area contributed by atoms with Crippen molar-refractivity contribution in [3.05, 3.63) is 59.2 Å². The van der Waals surface area contributed by atoms with E-state index >= 15 is 0 Å². The molecule has 1 aromatic carbocycles. The van der Waals surface area contributed by atoms with E-state index in [1.165, 1.54) is 30.3 Å². The van der Waals surface area contributed by atoms with Gasteiger partial charge in [-0.05, 0) is 62.1 Å². The number of alkyl halides is 3. The Bertz CT molecular complexity index is 1250. The largest absolute Gasteiger partial charge is 0.408 e. The van der Waals surface area contributed by atoms with Gasteiger partial charge < -0.3 is 9.88 Å². The van der Waals surface area contributed by atoms with Crippen molar-refractivity contribution >= 4 is 17.5 Å². The summed E-state index contributed by atoms with van der Waals surface area (Å²) in [6.07, 6.45) is -1.75. The molecule has 1 atom stereocenters. The second kappa shape index (κ2) is 8.96. The van der Waals surface area contributed by atoms with Crippen LogP contribution in [0.4, 0.5) is 23.4 Å². The highest BCUT2D eigenvalue weighted by Gasteiger charge is 2.39. The molecule has 1 amide bonds. The molecule has 0 spiro atoms. The Labute approximate surface area is 192 Å². The first-order valence-electron chi connectivity index (χ1n) is 10.6. The standard InChI is InChI=1S/C23H21F4N5O2/c1-12-8-17(24)16(9-15(12)10-19(33)14-6-7-14)22(34)30-20-5-3-4-18(29-20)21-31-28-11-32(21)13(2)23(25,26)27/h3-5,8-9,11,13-14H,6-7,10H2,1-2H3,(H,29,30,34)/t13-/m0/s1. The molecule has 1 N–H and O–H groups in total. The van der Waals surface area contributed by atoms with Gasteiger partial charge in [-0.15, -0.1) is 10.2 Å². The van der Waals surface area contributed by atoms with Crippen LogP contribution in [0.3, 0.4) is 0 Å². The molecular weight excluding hydrogens is 454 g/mol. The smallest absolute Gasteiger partial charge is 0.306 e. The lowest BCUT2D eigenvalue weighted by atomic mass is 9.98. The van der Waals surface area contributed by atoms with Gasteiger partial charge in [-0.25, -0.2) is 9.37 Å². The number of benzene rings is 1. The number of amides is 1. The molecule has 0 bridgehead atoms. The molecule has 0 unspecified atom stereocenters. The van der Waals surface area contributed by atoms with Gasteiger partial charge in [-0.2, -0.15) is 13.2 Å². The van der Waals surface area contributed by atoms with E-state index in [0.29, 0.717) is 11.1 Å². The Hall–Kier alpha value is -3.63. The van der Waals surface area contributed by atoms with E-state index in [2.05, 4.69) is 20.5 Å². The van der Waals surface area contributed by atoms with Crippen LogP contribution in [0.15, 0.2) is 36.7 Å². The van der Waals surface area contributed by atoms with Crippen molar-refractivity contribution in [1.29, 1.82) is 0 Å². The minimum absolute atomic E-state index is 0.00714. The summed E-state index contributed by atoms with van der Waals surface area (Å²) in [5.41, 5.74) is 0.928. The Kier molecular flexibility index (Phi) is 6.20. The Morgan fingerprint density at radius 1 is 1.24 bits per heavy atom. The Morgan fingerprint density at radius 3 is 2.65 bits per heavy atom. The van der Waals surface area contributed by atoms with Crippen molar-refractivity contribution in [3.8, 4) is 11.5 Å². The molecule has 1 aliphatic carbocycles. The van der Waals surface area contributed by atoms with E-state index in [1.54, 1.807) is 6.92 Å². The lowest BCUT2D eigenvalue weighted by molar-refractivity contribution is -0.162. The number of Topliss-reactive ketones (excluding diaryl/α,β-unsaturated/α-hetero) is 1. The third-order valence-corrected chi connectivity index (χ3v) is 5.75. The van der Waals surface area contributed by atoms with Crippen molar-refractivity contribution < 1.29 is 27.2 Å². The maximum Gasteiger partial charge on any atom is 0.408 e. The van der Waals surface area contributed by atoms with Gasteiger partial charge in [0.25, 0.3) is 5.91 Å². The van der Waals surface area contributed by atoms with Crippen LogP contribution in [0.2, 0.25) is 0 Å². The summed E-state index contributed by atoms with van der Waals surface area (Å²) in [4.78, 5) is 29.1. The second-order valence-electron chi connectivity index (χ2n) is 8.32. The number of halogens is 4. The zero-order valence-corrected chi connectivity index (χ0v) is 18.4. The highest BCUT2D eigenvalue weighted by atomic mass is 19.4. The molecule has 178 valence electrons. The normalized spacial score (nSPS) is 14.6. The maximum absolute atomic E-state index is 14.6. The summed E-state index contributed by atoms with van der Waals surface area (Å²) in [6.45, 7) is 2.63. The van der Waals surface area contributed by atoms with Gasteiger partial charge in [0, 0.05) is 12.3 Å². The molecule has 3 aromatic rings. The van der Waals surface area contributed by atoms with Crippen LogP contribution in [-0.4, -0.2) is 37.6 Å². The number of carbonyl (C=O) groups is 2. The van der Waals surface area contributed by atoms with Crippen LogP contribution in [0.5, 0.6) is 0 Å². The molecule has 4 rings (SSSR count). The predicted molar refractivity (Wildman–Crippen MR) is 115 cm³/mol. The highest BCUT2D eigenvalue weighted by molar-refractivity contribution is 6.04. The van der Waals surface area contributed by atoms with E-state index in [9.17, 15) is 27.2 Å². The fraction of sp³-hybridized carbons (Fsp3) is 0.348. The molecule has 7 nitrogen and oxygen atoms in total. The molecular formula is C23H21F4N5O2. The van der Waals surface area contributed by atoms with Gasteiger partial charge in [-0.1, -0.05) is 6.07 Å². The molecule has 1 fully saturated rings. The number of anilines is 1. The van der Waals surface area contributed by atoms with E-state index < -0.39 is 23.9 Å². The average Bonchev–Trinajstić information content (AvgIpc) is 3.51. The highest BCUT2D eigenvalue weighted by Crippen LogP contribution is 2.33. The maximum atomic E-state index is 14.6. The number of hydrogen-bond acceptors (Lipinski definition) is 5. The molecule has 11 heteroatoms. The number of nitrogens with one attached hydrogen (secondary N) is 1. The molecule has 2 heterocycles. The summed E-state index contributed by atoms with van der Waals surface area (Å²) in [7, 11) is 0. The number of aromatic nitrogens is 4. The number of rotatable bonds is 7. The lowest BCUT2D eigenvalue weighted by Crippen LogP contribution is -2.24. The molecule has 0 aliphatic heterocycles. The van der Waals surface area contributed by atoms with Crippen molar-refractivity contribution in [2.75, 3.05) is 5.32 Å². The first-order chi connectivity index (χ1) is 16.0. The fourth-order valence-electron chi connectivity index (χ4n) is 3.50. The molecule has 0 saturated heterocycles. The monoisotopic (exact) mass is 475 g/mol. The van der Waals surface area contributed by atoms with Crippen molar-refractivity contribution in [2.45, 2.75) is 45.3 Å². The van der Waals surface area contributed by atoms with E-state index in [1.807, 2.05) is 0 Å². The zero-order valence-electron chi connectivity index (χ0n) is 18.4. The first-order valence-corrected chi connectivity index (χ1v) is 10.6. The summed E-state index contributed by atoms with van der Waals surface area (Å²) in [5, 5.41) is 9.74. The van der Waals surface area contributed by atoms with Gasteiger partial charge in [0.1, 0.15) is 35.5 Å². The van der Waals surface area contributed by atoms with Crippen molar-refractivity contribution in [3.63, 3.8) is 0 Å². The minimum Gasteiger partial charge on any atom is -0.306 e. The third kappa shape index (κ3) is 4.97. The van der Waals surface area contributed by atoms with Crippen LogP contribution >= 0.6 is 0 Å². The van der Waals surface area contributed by atoms with Gasteiger partial charge >= 0.3 is 6.18 Å². The van der Waals surface area contributed by atoms with Crippen LogP contribution < -0.4 is 5.32 Å². The van der Waals surface area contributed by atoms with E-state index in [0.717, 1.165) is 30.7 Å². The molecule has 2 aromatic heterocycles. The number of nitrogens with zero attached hydrogens (tertiary/aromatic N) is 4. The van der Waals surface area contributed by atoms with Crippen LogP contribution in [-0.2, 0) is 11.2 Å². The van der Waals surface area contributed by atoms with Crippen LogP contribution in [0.1, 0.15) is 47.3 Å². The van der Waals surface area contributed by atoms with Gasteiger partial charge in [-0.3, -0.25) is 9.59 Å². The summed E-state index contributed by atoms with van der Waals surface area (Å²) in [6, 6.07) is 4.98. The minimum atomic E-state index is -4.52. The molecule has 1 saturated carbocycles. The fourth-order valence-corrected chi connectivity index (χ4v) is 3.50. The van der Waals surface area contributed by atoms with Gasteiger partial charge in [0.2, 0.25) is 0 Å². The van der Waals surface area contributed by atoms with Crippen molar-refractivity contribution in [1.82, 2.24) is 19.7 Å². The van der Waals surface area contributed by atoms with Crippen molar-refractivity contribution in [2.24, 2.45) is 5.92 Å². The quantitative estimate of drug-likeness (QED) is 0.501. The number of pyridine rings is 1. The number of carbonyl (C=O) groups excluding carboxylic acids is 2. The Morgan fingerprint density at radius 2 is 1.97 bits per heavy atom. The molecule has 0 radical (unpaired) electrons. The third-order valence-electron chi connectivity index (χ3n) is 5.75. The van der Waals surface area contributed by atoms with E-state index in [-0.39, 0.29) is 41.0 Å². The second-order valence-corrected chi connectivity index (χ2v) is 8.32. The van der Waals surface area contributed by atoms with Gasteiger partial charge in [0.05, 0.1) is 5.56 Å². The predicted octanol–water partition coefficient (Wildman–Crippen LogP) is 4.68. The summed E-state index contributed by atoms with van der Waals surface area (Å²) in [5.74, 6) is -1.60. The SMILES string of the molecule is Cc1cc(F)c(C(=O)Nc2cccc(-c3nncn3[C@@H](C)C(F)(F)F)n2)cc1CC(=O)C1CC1. The molecule has 1 aliphatic rings. The number of hydrogen-bond donors (Lipinski definition) is 1. The first kappa shape index (κ1) is 23.5. The summed E-state index contributed by atoms with van der Waals surface area (Å²) >= 11 is 0. The van der Waals surface area contributed by atoms with E-state index in [4.69, 9.17) is 0 Å².